The Balaban J connectivity index is 1.65. The number of H-pyrrole nitrogens is 1. The number of hydrogen-bond acceptors (Lipinski definition) is 5. The molecule has 0 bridgehead atoms. The van der Waals surface area contributed by atoms with Crippen LogP contribution in [0.3, 0.4) is 0 Å². The molecule has 1 aliphatic rings. The number of anilines is 2. The molecule has 4 aromatic rings. The molecule has 3 aromatic carbocycles. The maximum absolute atomic E-state index is 13.0. The number of carbonyl (C=O) groups is 1. The van der Waals surface area contributed by atoms with E-state index < -0.39 is 4.92 Å². The Kier molecular flexibility index (Phi) is 4.95. The van der Waals surface area contributed by atoms with Crippen LogP contribution in [-0.4, -0.2) is 20.8 Å². The molecular weight excluding hydrogens is 418 g/mol. The maximum Gasteiger partial charge on any atom is 0.270 e. The number of carbonyl (C=O) groups excluding carboxylic acids is 1. The van der Waals surface area contributed by atoms with Gasteiger partial charge in [-0.2, -0.15) is 0 Å². The standard InChI is InChI=1S/C25H19N5O3/c1-15-26-14-22(27-15)17-8-5-9-18(12-17)28-24(16-6-3-2-4-7-16)23-20-13-19(30(32)33)10-11-21(20)29-25(23)31/h2-14,28H,1H3,(H,26,27)(H,29,31)/b24-23-. The van der Waals surface area contributed by atoms with Gasteiger partial charge in [0.25, 0.3) is 11.6 Å². The van der Waals surface area contributed by atoms with Crippen LogP contribution in [0.25, 0.3) is 22.5 Å². The third-order valence-electron chi connectivity index (χ3n) is 5.40. The van der Waals surface area contributed by atoms with E-state index in [9.17, 15) is 14.9 Å². The van der Waals surface area contributed by atoms with E-state index >= 15 is 0 Å². The Morgan fingerprint density at radius 1 is 1.03 bits per heavy atom. The molecule has 3 N–H and O–H groups in total. The first-order valence-electron chi connectivity index (χ1n) is 10.3. The fourth-order valence-electron chi connectivity index (χ4n) is 3.87. The number of rotatable bonds is 5. The van der Waals surface area contributed by atoms with Crippen LogP contribution in [0, 0.1) is 17.0 Å². The van der Waals surface area contributed by atoms with E-state index in [1.807, 2.05) is 67.7 Å². The van der Waals surface area contributed by atoms with Gasteiger partial charge in [0.1, 0.15) is 5.82 Å². The van der Waals surface area contributed by atoms with Crippen molar-refractivity contribution >= 4 is 34.2 Å². The van der Waals surface area contributed by atoms with Gasteiger partial charge in [-0.15, -0.1) is 0 Å². The summed E-state index contributed by atoms with van der Waals surface area (Å²) >= 11 is 0. The number of nitro benzene ring substituents is 1. The van der Waals surface area contributed by atoms with Crippen molar-refractivity contribution in [3.05, 3.63) is 106 Å². The van der Waals surface area contributed by atoms with E-state index in [2.05, 4.69) is 20.6 Å². The second-order valence-corrected chi connectivity index (χ2v) is 7.63. The number of aromatic amines is 1. The average Bonchev–Trinajstić information content (AvgIpc) is 3.40. The van der Waals surface area contributed by atoms with Crippen LogP contribution in [0.1, 0.15) is 17.0 Å². The Bertz CT molecular complexity index is 1420. The quantitative estimate of drug-likeness (QED) is 0.225. The fraction of sp³-hybridized carbons (Fsp3) is 0.0400. The van der Waals surface area contributed by atoms with E-state index in [1.54, 1.807) is 6.07 Å². The molecule has 0 spiro atoms. The molecule has 33 heavy (non-hydrogen) atoms. The lowest BCUT2D eigenvalue weighted by Gasteiger charge is -2.15. The molecule has 0 saturated heterocycles. The van der Waals surface area contributed by atoms with Crippen LogP contribution < -0.4 is 10.6 Å². The number of nitrogens with zero attached hydrogens (tertiary/aromatic N) is 2. The van der Waals surface area contributed by atoms with Gasteiger partial charge in [-0.1, -0.05) is 42.5 Å². The molecule has 162 valence electrons. The molecule has 0 unspecified atom stereocenters. The molecule has 0 saturated carbocycles. The second-order valence-electron chi connectivity index (χ2n) is 7.63. The number of benzene rings is 3. The lowest BCUT2D eigenvalue weighted by atomic mass is 9.99. The molecule has 2 heterocycles. The predicted octanol–water partition coefficient (Wildman–Crippen LogP) is 5.23. The van der Waals surface area contributed by atoms with Crippen LogP contribution in [-0.2, 0) is 4.79 Å². The van der Waals surface area contributed by atoms with Gasteiger partial charge in [-0.25, -0.2) is 4.98 Å². The van der Waals surface area contributed by atoms with Gasteiger partial charge < -0.3 is 15.6 Å². The Labute approximate surface area is 189 Å². The van der Waals surface area contributed by atoms with Gasteiger partial charge in [0, 0.05) is 40.8 Å². The molecule has 5 rings (SSSR count). The molecular formula is C25H19N5O3. The molecule has 1 aromatic heterocycles. The first-order chi connectivity index (χ1) is 16.0. The first-order valence-corrected chi connectivity index (χ1v) is 10.3. The Morgan fingerprint density at radius 3 is 2.58 bits per heavy atom. The number of fused-ring (bicyclic) bond motifs is 1. The third-order valence-corrected chi connectivity index (χ3v) is 5.40. The number of aromatic nitrogens is 2. The number of aryl methyl sites for hydroxylation is 1. The highest BCUT2D eigenvalue weighted by Crippen LogP contribution is 2.39. The average molecular weight is 437 g/mol. The summed E-state index contributed by atoms with van der Waals surface area (Å²) in [7, 11) is 0. The van der Waals surface area contributed by atoms with Gasteiger partial charge in [0.2, 0.25) is 0 Å². The SMILES string of the molecule is Cc1nc(-c2cccc(N/C(=C3\C(=O)Nc4ccc([N+](=O)[O-])cc43)c3ccccc3)c2)c[nH]1. The molecule has 8 nitrogen and oxygen atoms in total. The van der Waals surface area contributed by atoms with E-state index in [-0.39, 0.29) is 11.6 Å². The lowest BCUT2D eigenvalue weighted by Crippen LogP contribution is -2.10. The van der Waals surface area contributed by atoms with E-state index in [0.717, 1.165) is 28.3 Å². The minimum absolute atomic E-state index is 0.0777. The minimum Gasteiger partial charge on any atom is -0.354 e. The summed E-state index contributed by atoms with van der Waals surface area (Å²) in [6.45, 7) is 1.89. The van der Waals surface area contributed by atoms with Crippen molar-refractivity contribution in [2.45, 2.75) is 6.92 Å². The smallest absolute Gasteiger partial charge is 0.270 e. The molecule has 0 fully saturated rings. The van der Waals surface area contributed by atoms with Crippen LogP contribution in [0.4, 0.5) is 17.1 Å². The first kappa shape index (κ1) is 20.2. The van der Waals surface area contributed by atoms with Gasteiger partial charge in [-0.05, 0) is 30.7 Å². The summed E-state index contributed by atoms with van der Waals surface area (Å²) in [6, 6.07) is 21.5. The lowest BCUT2D eigenvalue weighted by molar-refractivity contribution is -0.384. The van der Waals surface area contributed by atoms with Crippen LogP contribution >= 0.6 is 0 Å². The summed E-state index contributed by atoms with van der Waals surface area (Å²) in [5.74, 6) is 0.493. The zero-order valence-electron chi connectivity index (χ0n) is 17.6. The highest BCUT2D eigenvalue weighted by molar-refractivity contribution is 6.37. The predicted molar refractivity (Wildman–Crippen MR) is 127 cm³/mol. The van der Waals surface area contributed by atoms with Gasteiger partial charge in [-0.3, -0.25) is 14.9 Å². The Hall–Kier alpha value is -4.72. The van der Waals surface area contributed by atoms with Crippen molar-refractivity contribution in [3.8, 4) is 11.3 Å². The van der Waals surface area contributed by atoms with Crippen LogP contribution in [0.2, 0.25) is 0 Å². The maximum atomic E-state index is 13.0. The summed E-state index contributed by atoms with van der Waals surface area (Å²) in [6.07, 6.45) is 1.84. The number of hydrogen-bond donors (Lipinski definition) is 3. The monoisotopic (exact) mass is 437 g/mol. The van der Waals surface area contributed by atoms with Gasteiger partial charge >= 0.3 is 0 Å². The highest BCUT2D eigenvalue weighted by Gasteiger charge is 2.30. The zero-order valence-corrected chi connectivity index (χ0v) is 17.6. The summed E-state index contributed by atoms with van der Waals surface area (Å²) < 4.78 is 0. The minimum atomic E-state index is -0.467. The normalized spacial score (nSPS) is 13.9. The van der Waals surface area contributed by atoms with Crippen molar-refractivity contribution in [1.82, 2.24) is 9.97 Å². The van der Waals surface area contributed by atoms with Gasteiger partial charge in [0.05, 0.1) is 21.9 Å². The van der Waals surface area contributed by atoms with Crippen LogP contribution in [0.15, 0.2) is 79.0 Å². The van der Waals surface area contributed by atoms with Crippen molar-refractivity contribution in [3.63, 3.8) is 0 Å². The van der Waals surface area contributed by atoms with E-state index in [1.165, 1.54) is 12.1 Å². The van der Waals surface area contributed by atoms with E-state index in [4.69, 9.17) is 0 Å². The largest absolute Gasteiger partial charge is 0.354 e. The summed E-state index contributed by atoms with van der Waals surface area (Å²) in [4.78, 5) is 31.5. The van der Waals surface area contributed by atoms with E-state index in [0.29, 0.717) is 22.5 Å². The molecule has 0 aliphatic carbocycles. The summed E-state index contributed by atoms with van der Waals surface area (Å²) in [5, 5.41) is 17.6. The fourth-order valence-corrected chi connectivity index (χ4v) is 3.87. The summed E-state index contributed by atoms with van der Waals surface area (Å²) in [5.41, 5.74) is 5.11. The number of nitrogens with one attached hydrogen (secondary N) is 3. The number of amides is 1. The van der Waals surface area contributed by atoms with Crippen molar-refractivity contribution < 1.29 is 9.72 Å². The zero-order chi connectivity index (χ0) is 22.9. The molecule has 1 amide bonds. The highest BCUT2D eigenvalue weighted by atomic mass is 16.6. The molecule has 1 aliphatic heterocycles. The Morgan fingerprint density at radius 2 is 1.85 bits per heavy atom. The second kappa shape index (κ2) is 8.08. The number of imidazole rings is 1. The van der Waals surface area contributed by atoms with Crippen molar-refractivity contribution in [2.24, 2.45) is 0 Å². The third kappa shape index (κ3) is 3.85. The van der Waals surface area contributed by atoms with Gasteiger partial charge in [0.15, 0.2) is 0 Å². The van der Waals surface area contributed by atoms with Crippen molar-refractivity contribution in [1.29, 1.82) is 0 Å². The van der Waals surface area contributed by atoms with Crippen LogP contribution in [0.5, 0.6) is 0 Å². The molecule has 0 radical (unpaired) electrons. The topological polar surface area (TPSA) is 113 Å². The molecule has 8 heteroatoms. The number of nitro groups is 1. The van der Waals surface area contributed by atoms with Crippen molar-refractivity contribution in [2.75, 3.05) is 10.6 Å². The number of non-ortho nitro benzene ring substituents is 1. The molecule has 0 atom stereocenters.